The van der Waals surface area contributed by atoms with E-state index in [1.54, 1.807) is 7.11 Å². The van der Waals surface area contributed by atoms with Crippen molar-refractivity contribution in [3.8, 4) is 5.75 Å². The van der Waals surface area contributed by atoms with Crippen molar-refractivity contribution in [2.24, 2.45) is 5.92 Å². The van der Waals surface area contributed by atoms with E-state index in [1.807, 2.05) is 44.3 Å². The third-order valence-electron chi connectivity index (χ3n) is 5.65. The number of aryl methyl sites for hydroxylation is 1. The molecule has 0 spiro atoms. The molecule has 1 aliphatic heterocycles. The number of nitrogens with zero attached hydrogens (tertiary/aromatic N) is 1. The molecule has 1 heterocycles. The maximum atomic E-state index is 14.6. The zero-order chi connectivity index (χ0) is 22.1. The first-order chi connectivity index (χ1) is 15.1. The number of halogens is 1. The Morgan fingerprint density at radius 2 is 1.84 bits per heavy atom. The van der Waals surface area contributed by atoms with Crippen molar-refractivity contribution in [2.45, 2.75) is 19.8 Å². The number of nitrogens with one attached hydrogen (secondary N) is 2. The second-order valence-electron chi connectivity index (χ2n) is 7.86. The Morgan fingerprint density at radius 1 is 1.06 bits per heavy atom. The minimum absolute atomic E-state index is 0.210. The van der Waals surface area contributed by atoms with E-state index in [-0.39, 0.29) is 5.82 Å². The van der Waals surface area contributed by atoms with Crippen molar-refractivity contribution in [3.63, 3.8) is 0 Å². The van der Waals surface area contributed by atoms with Crippen molar-refractivity contribution in [2.75, 3.05) is 69.3 Å². The van der Waals surface area contributed by atoms with E-state index in [4.69, 9.17) is 14.2 Å². The van der Waals surface area contributed by atoms with Crippen LogP contribution < -0.4 is 20.3 Å². The lowest BCUT2D eigenvalue weighted by Gasteiger charge is -2.33. The molecule has 0 unspecified atom stereocenters. The van der Waals surface area contributed by atoms with E-state index in [0.29, 0.717) is 37.2 Å². The molecule has 0 atom stereocenters. The van der Waals surface area contributed by atoms with Gasteiger partial charge in [-0.2, -0.15) is 0 Å². The van der Waals surface area contributed by atoms with Crippen LogP contribution in [0.2, 0.25) is 0 Å². The number of methoxy groups -OCH3 is 1. The van der Waals surface area contributed by atoms with E-state index in [0.717, 1.165) is 49.5 Å². The number of ether oxygens (including phenoxy) is 3. The molecule has 2 aromatic rings. The summed E-state index contributed by atoms with van der Waals surface area (Å²) in [5.74, 6) is 1.20. The van der Waals surface area contributed by atoms with Gasteiger partial charge in [-0.1, -0.05) is 6.07 Å². The molecule has 0 aliphatic carbocycles. The van der Waals surface area contributed by atoms with E-state index in [2.05, 4.69) is 15.5 Å². The minimum atomic E-state index is -0.210. The SMILES string of the molecule is CNc1ccc(C)c(OCCOCNc2ccc(N3CCC(COC)CC3)c(F)c2)c1. The highest BCUT2D eigenvalue weighted by molar-refractivity contribution is 5.56. The van der Waals surface area contributed by atoms with Gasteiger partial charge in [-0.15, -0.1) is 0 Å². The molecule has 0 amide bonds. The Bertz CT molecular complexity index is 826. The maximum absolute atomic E-state index is 14.6. The van der Waals surface area contributed by atoms with E-state index in [1.165, 1.54) is 6.07 Å². The molecule has 1 aliphatic rings. The number of hydrogen-bond donors (Lipinski definition) is 2. The Morgan fingerprint density at radius 3 is 2.55 bits per heavy atom. The molecule has 1 fully saturated rings. The Labute approximate surface area is 184 Å². The molecule has 1 saturated heterocycles. The van der Waals surface area contributed by atoms with Gasteiger partial charge < -0.3 is 29.7 Å². The highest BCUT2D eigenvalue weighted by Crippen LogP contribution is 2.27. The maximum Gasteiger partial charge on any atom is 0.148 e. The van der Waals surface area contributed by atoms with Gasteiger partial charge in [0.1, 0.15) is 24.9 Å². The van der Waals surface area contributed by atoms with Crippen molar-refractivity contribution < 1.29 is 18.6 Å². The number of hydrogen-bond acceptors (Lipinski definition) is 6. The number of rotatable bonds is 11. The molecule has 2 N–H and O–H groups in total. The molecule has 3 rings (SSSR count). The Kier molecular flexibility index (Phi) is 8.79. The van der Waals surface area contributed by atoms with Crippen molar-refractivity contribution >= 4 is 17.1 Å². The van der Waals surface area contributed by atoms with Crippen molar-refractivity contribution in [1.29, 1.82) is 0 Å². The van der Waals surface area contributed by atoms with Crippen LogP contribution in [0.15, 0.2) is 36.4 Å². The topological polar surface area (TPSA) is 55.0 Å². The molecule has 170 valence electrons. The summed E-state index contributed by atoms with van der Waals surface area (Å²) in [6.45, 7) is 5.69. The first kappa shape index (κ1) is 23.2. The highest BCUT2D eigenvalue weighted by Gasteiger charge is 2.21. The van der Waals surface area contributed by atoms with E-state index >= 15 is 0 Å². The van der Waals surface area contributed by atoms with Gasteiger partial charge in [0.25, 0.3) is 0 Å². The molecule has 0 saturated carbocycles. The van der Waals surface area contributed by atoms with E-state index < -0.39 is 0 Å². The highest BCUT2D eigenvalue weighted by atomic mass is 19.1. The van der Waals surface area contributed by atoms with Gasteiger partial charge in [0, 0.05) is 51.3 Å². The summed E-state index contributed by atoms with van der Waals surface area (Å²) in [6.07, 6.45) is 2.06. The molecular weight excluding hydrogens is 397 g/mol. The van der Waals surface area contributed by atoms with Crippen LogP contribution in [0.3, 0.4) is 0 Å². The van der Waals surface area contributed by atoms with Crippen LogP contribution >= 0.6 is 0 Å². The van der Waals surface area contributed by atoms with Crippen LogP contribution in [-0.2, 0) is 9.47 Å². The molecule has 0 radical (unpaired) electrons. The summed E-state index contributed by atoms with van der Waals surface area (Å²) in [7, 11) is 3.61. The number of piperidine rings is 1. The third-order valence-corrected chi connectivity index (χ3v) is 5.65. The Hall–Kier alpha value is -2.51. The zero-order valence-corrected chi connectivity index (χ0v) is 18.7. The van der Waals surface area contributed by atoms with Crippen LogP contribution in [0.4, 0.5) is 21.5 Å². The lowest BCUT2D eigenvalue weighted by molar-refractivity contribution is 0.113. The van der Waals surface area contributed by atoms with Crippen LogP contribution in [0.5, 0.6) is 5.75 Å². The molecular formula is C24H34FN3O3. The first-order valence-electron chi connectivity index (χ1n) is 10.9. The lowest BCUT2D eigenvalue weighted by atomic mass is 9.97. The second-order valence-corrected chi connectivity index (χ2v) is 7.86. The summed E-state index contributed by atoms with van der Waals surface area (Å²) < 4.78 is 31.2. The lowest BCUT2D eigenvalue weighted by Crippen LogP contribution is -2.35. The third kappa shape index (κ3) is 6.74. The zero-order valence-electron chi connectivity index (χ0n) is 18.7. The molecule has 31 heavy (non-hydrogen) atoms. The standard InChI is InChI=1S/C24H34FN3O3/c1-18-4-5-20(26-2)15-24(18)31-13-12-30-17-27-21-6-7-23(22(25)14-21)28-10-8-19(9-11-28)16-29-3/h4-7,14-15,19,26-27H,8-13,16-17H2,1-3H3. The molecule has 0 aromatic heterocycles. The van der Waals surface area contributed by atoms with Gasteiger partial charge in [0.05, 0.1) is 12.3 Å². The number of anilines is 3. The number of benzene rings is 2. The van der Waals surface area contributed by atoms with Crippen LogP contribution in [-0.4, -0.2) is 53.8 Å². The predicted octanol–water partition coefficient (Wildman–Crippen LogP) is 4.50. The smallest absolute Gasteiger partial charge is 0.148 e. The van der Waals surface area contributed by atoms with Crippen LogP contribution in [0.25, 0.3) is 0 Å². The van der Waals surface area contributed by atoms with Gasteiger partial charge in [-0.3, -0.25) is 0 Å². The average molecular weight is 432 g/mol. The summed E-state index contributed by atoms with van der Waals surface area (Å²) >= 11 is 0. The summed E-state index contributed by atoms with van der Waals surface area (Å²) in [5.41, 5.74) is 3.45. The van der Waals surface area contributed by atoms with Gasteiger partial charge in [-0.25, -0.2) is 4.39 Å². The van der Waals surface area contributed by atoms with Gasteiger partial charge in [0.2, 0.25) is 0 Å². The molecule has 0 bridgehead atoms. The van der Waals surface area contributed by atoms with Crippen molar-refractivity contribution in [1.82, 2.24) is 0 Å². The molecule has 6 nitrogen and oxygen atoms in total. The van der Waals surface area contributed by atoms with Gasteiger partial charge >= 0.3 is 0 Å². The minimum Gasteiger partial charge on any atom is -0.491 e. The van der Waals surface area contributed by atoms with Crippen LogP contribution in [0, 0.1) is 18.7 Å². The Balaban J connectivity index is 1.38. The van der Waals surface area contributed by atoms with Gasteiger partial charge in [-0.05, 0) is 55.5 Å². The van der Waals surface area contributed by atoms with Crippen LogP contribution in [0.1, 0.15) is 18.4 Å². The summed E-state index contributed by atoms with van der Waals surface area (Å²) in [4.78, 5) is 2.12. The summed E-state index contributed by atoms with van der Waals surface area (Å²) in [5, 5.41) is 6.20. The normalized spacial score (nSPS) is 14.5. The quantitative estimate of drug-likeness (QED) is 0.404. The van der Waals surface area contributed by atoms with E-state index in [9.17, 15) is 4.39 Å². The fraction of sp³-hybridized carbons (Fsp3) is 0.500. The monoisotopic (exact) mass is 431 g/mol. The van der Waals surface area contributed by atoms with Gasteiger partial charge in [0.15, 0.2) is 0 Å². The largest absolute Gasteiger partial charge is 0.491 e. The first-order valence-corrected chi connectivity index (χ1v) is 10.9. The fourth-order valence-electron chi connectivity index (χ4n) is 3.78. The predicted molar refractivity (Wildman–Crippen MR) is 124 cm³/mol. The fourth-order valence-corrected chi connectivity index (χ4v) is 3.78. The molecule has 2 aromatic carbocycles. The average Bonchev–Trinajstić information content (AvgIpc) is 2.78. The molecule has 7 heteroatoms. The van der Waals surface area contributed by atoms with Crippen molar-refractivity contribution in [3.05, 3.63) is 47.8 Å². The second kappa shape index (κ2) is 11.8. The summed E-state index contributed by atoms with van der Waals surface area (Å²) in [6, 6.07) is 11.3.